The van der Waals surface area contributed by atoms with Gasteiger partial charge in [0.2, 0.25) is 0 Å². The number of fused-ring (bicyclic) bond motifs is 3. The van der Waals surface area contributed by atoms with E-state index in [4.69, 9.17) is 9.84 Å². The second-order valence-electron chi connectivity index (χ2n) is 8.12. The molecule has 0 bridgehead atoms. The van der Waals surface area contributed by atoms with Gasteiger partial charge >= 0.3 is 12.1 Å². The molecule has 0 saturated carbocycles. The van der Waals surface area contributed by atoms with E-state index in [9.17, 15) is 14.4 Å². The number of nitrogens with zero attached hydrogens (tertiary/aromatic N) is 1. The third-order valence-corrected chi connectivity index (χ3v) is 6.71. The van der Waals surface area contributed by atoms with E-state index < -0.39 is 18.0 Å². The SMILES string of the molecule is CC(CCCNC(=O)c1cnc(NC(=O)OCC2c3ccccc3-c3ccccc32)s1)C(=O)O. The molecule has 2 amide bonds. The fourth-order valence-electron chi connectivity index (χ4n) is 3.98. The number of carboxylic acids is 1. The molecule has 0 radical (unpaired) electrons. The van der Waals surface area contributed by atoms with Crippen molar-refractivity contribution in [2.75, 3.05) is 18.5 Å². The molecule has 2 aromatic carbocycles. The van der Waals surface area contributed by atoms with Crippen LogP contribution in [0.25, 0.3) is 11.1 Å². The van der Waals surface area contributed by atoms with Crippen LogP contribution in [0.15, 0.2) is 54.7 Å². The summed E-state index contributed by atoms with van der Waals surface area (Å²) < 4.78 is 5.50. The number of nitrogens with one attached hydrogen (secondary N) is 2. The maximum absolute atomic E-state index is 12.4. The fraction of sp³-hybridized carbons (Fsp3) is 0.280. The van der Waals surface area contributed by atoms with Crippen molar-refractivity contribution < 1.29 is 24.2 Å². The Morgan fingerprint density at radius 3 is 2.38 bits per heavy atom. The summed E-state index contributed by atoms with van der Waals surface area (Å²) >= 11 is 1.04. The molecular formula is C25H25N3O5S. The second-order valence-corrected chi connectivity index (χ2v) is 9.15. The van der Waals surface area contributed by atoms with E-state index in [-0.39, 0.29) is 23.6 Å². The highest BCUT2D eigenvalue weighted by atomic mass is 32.1. The lowest BCUT2D eigenvalue weighted by Crippen LogP contribution is -2.24. The van der Waals surface area contributed by atoms with Gasteiger partial charge in [0.25, 0.3) is 5.91 Å². The van der Waals surface area contributed by atoms with Gasteiger partial charge in [0, 0.05) is 12.5 Å². The third-order valence-electron chi connectivity index (χ3n) is 5.80. The maximum atomic E-state index is 12.4. The molecule has 1 aromatic heterocycles. The molecule has 0 aliphatic heterocycles. The molecule has 1 atom stereocenters. The number of carboxylic acid groups (broad SMARTS) is 1. The number of hydrogen-bond acceptors (Lipinski definition) is 6. The molecule has 4 rings (SSSR count). The van der Waals surface area contributed by atoms with Crippen molar-refractivity contribution in [2.45, 2.75) is 25.7 Å². The summed E-state index contributed by atoms with van der Waals surface area (Å²) in [7, 11) is 0. The van der Waals surface area contributed by atoms with Crippen LogP contribution in [-0.4, -0.2) is 41.2 Å². The summed E-state index contributed by atoms with van der Waals surface area (Å²) in [6, 6.07) is 16.2. The number of aromatic nitrogens is 1. The van der Waals surface area contributed by atoms with Crippen molar-refractivity contribution in [3.05, 3.63) is 70.7 Å². The first-order chi connectivity index (χ1) is 16.4. The fourth-order valence-corrected chi connectivity index (χ4v) is 4.70. The number of carbonyl (C=O) groups is 3. The maximum Gasteiger partial charge on any atom is 0.413 e. The molecule has 3 aromatic rings. The monoisotopic (exact) mass is 479 g/mol. The van der Waals surface area contributed by atoms with E-state index in [1.54, 1.807) is 6.92 Å². The van der Waals surface area contributed by atoms with Crippen LogP contribution in [0, 0.1) is 5.92 Å². The quantitative estimate of drug-likeness (QED) is 0.382. The molecule has 34 heavy (non-hydrogen) atoms. The van der Waals surface area contributed by atoms with Gasteiger partial charge in [-0.25, -0.2) is 9.78 Å². The number of hydrogen-bond donors (Lipinski definition) is 3. The Morgan fingerprint density at radius 2 is 1.74 bits per heavy atom. The van der Waals surface area contributed by atoms with Gasteiger partial charge < -0.3 is 15.2 Å². The number of amides is 2. The predicted molar refractivity (Wildman–Crippen MR) is 129 cm³/mol. The van der Waals surface area contributed by atoms with Crippen molar-refractivity contribution in [1.29, 1.82) is 0 Å². The van der Waals surface area contributed by atoms with Crippen LogP contribution >= 0.6 is 11.3 Å². The molecule has 0 fully saturated rings. The summed E-state index contributed by atoms with van der Waals surface area (Å²) in [5.41, 5.74) is 4.56. The average Bonchev–Trinajstić information content (AvgIpc) is 3.43. The van der Waals surface area contributed by atoms with Gasteiger partial charge in [0.05, 0.1) is 12.1 Å². The molecule has 1 heterocycles. The molecule has 1 aliphatic carbocycles. The van der Waals surface area contributed by atoms with E-state index in [2.05, 4.69) is 39.9 Å². The highest BCUT2D eigenvalue weighted by Crippen LogP contribution is 2.44. The lowest BCUT2D eigenvalue weighted by molar-refractivity contribution is -0.141. The van der Waals surface area contributed by atoms with Gasteiger partial charge in [-0.15, -0.1) is 0 Å². The number of thiazole rings is 1. The Balaban J connectivity index is 1.28. The number of ether oxygens (including phenoxy) is 1. The first kappa shape index (κ1) is 23.4. The highest BCUT2D eigenvalue weighted by molar-refractivity contribution is 7.17. The number of carbonyl (C=O) groups excluding carboxylic acids is 2. The van der Waals surface area contributed by atoms with Gasteiger partial charge in [-0.05, 0) is 35.1 Å². The van der Waals surface area contributed by atoms with Crippen molar-refractivity contribution >= 4 is 34.4 Å². The van der Waals surface area contributed by atoms with E-state index in [0.29, 0.717) is 24.3 Å². The normalized spacial score (nSPS) is 13.0. The first-order valence-corrected chi connectivity index (χ1v) is 11.8. The van der Waals surface area contributed by atoms with Crippen LogP contribution in [0.3, 0.4) is 0 Å². The number of aliphatic carboxylic acids is 1. The van der Waals surface area contributed by atoms with E-state index in [0.717, 1.165) is 33.6 Å². The highest BCUT2D eigenvalue weighted by Gasteiger charge is 2.29. The van der Waals surface area contributed by atoms with Gasteiger partial charge in [-0.3, -0.25) is 14.9 Å². The molecule has 0 saturated heterocycles. The van der Waals surface area contributed by atoms with E-state index in [1.165, 1.54) is 6.20 Å². The molecule has 9 heteroatoms. The van der Waals surface area contributed by atoms with Crippen LogP contribution in [0.1, 0.15) is 46.5 Å². The predicted octanol–water partition coefficient (Wildman–Crippen LogP) is 4.73. The molecular weight excluding hydrogens is 454 g/mol. The number of anilines is 1. The summed E-state index contributed by atoms with van der Waals surface area (Å²) in [6.45, 7) is 2.19. The second kappa shape index (κ2) is 10.5. The van der Waals surface area contributed by atoms with Crippen LogP contribution in [0.2, 0.25) is 0 Å². The van der Waals surface area contributed by atoms with Gasteiger partial charge in [0.1, 0.15) is 11.5 Å². The minimum Gasteiger partial charge on any atom is -0.481 e. The van der Waals surface area contributed by atoms with Gasteiger partial charge in [0.15, 0.2) is 5.13 Å². The van der Waals surface area contributed by atoms with Crippen molar-refractivity contribution in [2.24, 2.45) is 5.92 Å². The Kier molecular flexibility index (Phi) is 7.22. The molecule has 176 valence electrons. The Morgan fingerprint density at radius 1 is 1.09 bits per heavy atom. The van der Waals surface area contributed by atoms with Gasteiger partial charge in [-0.2, -0.15) is 0 Å². The van der Waals surface area contributed by atoms with Crippen molar-refractivity contribution in [3.63, 3.8) is 0 Å². The van der Waals surface area contributed by atoms with E-state index in [1.807, 2.05) is 24.3 Å². The van der Waals surface area contributed by atoms with Crippen molar-refractivity contribution in [1.82, 2.24) is 10.3 Å². The lowest BCUT2D eigenvalue weighted by Gasteiger charge is -2.14. The molecule has 1 unspecified atom stereocenters. The lowest BCUT2D eigenvalue weighted by atomic mass is 9.98. The summed E-state index contributed by atoms with van der Waals surface area (Å²) in [6.07, 6.45) is 1.79. The number of benzene rings is 2. The minimum atomic E-state index is -0.849. The Labute approximate surface area is 201 Å². The van der Waals surface area contributed by atoms with E-state index >= 15 is 0 Å². The Bertz CT molecular complexity index is 1160. The largest absolute Gasteiger partial charge is 0.481 e. The summed E-state index contributed by atoms with van der Waals surface area (Å²) in [4.78, 5) is 39.9. The first-order valence-electron chi connectivity index (χ1n) is 11.0. The van der Waals surface area contributed by atoms with Crippen LogP contribution in [0.4, 0.5) is 9.93 Å². The van der Waals surface area contributed by atoms with Crippen LogP contribution in [-0.2, 0) is 9.53 Å². The summed E-state index contributed by atoms with van der Waals surface area (Å²) in [5.74, 6) is -1.66. The van der Waals surface area contributed by atoms with Crippen LogP contribution in [0.5, 0.6) is 0 Å². The van der Waals surface area contributed by atoms with Crippen LogP contribution < -0.4 is 10.6 Å². The molecule has 0 spiro atoms. The Hall–Kier alpha value is -3.72. The average molecular weight is 480 g/mol. The zero-order valence-electron chi connectivity index (χ0n) is 18.6. The topological polar surface area (TPSA) is 118 Å². The minimum absolute atomic E-state index is 0.0420. The zero-order chi connectivity index (χ0) is 24.1. The smallest absolute Gasteiger partial charge is 0.413 e. The number of rotatable bonds is 9. The molecule has 3 N–H and O–H groups in total. The third kappa shape index (κ3) is 5.26. The zero-order valence-corrected chi connectivity index (χ0v) is 19.4. The van der Waals surface area contributed by atoms with Crippen molar-refractivity contribution in [3.8, 4) is 11.1 Å². The molecule has 8 nitrogen and oxygen atoms in total. The standard InChI is InChI=1S/C25H25N3O5S/c1-15(23(30)31)7-6-12-26-22(29)21-13-27-24(34-21)28-25(32)33-14-20-18-10-4-2-8-16(18)17-9-3-5-11-19(17)20/h2-5,8-11,13,15,20H,6-7,12,14H2,1H3,(H,26,29)(H,30,31)(H,27,28,32). The molecule has 1 aliphatic rings. The summed E-state index contributed by atoms with van der Waals surface area (Å²) in [5, 5.41) is 14.5. The van der Waals surface area contributed by atoms with Gasteiger partial charge in [-0.1, -0.05) is 66.8 Å².